The summed E-state index contributed by atoms with van der Waals surface area (Å²) in [4.78, 5) is 12.5. The summed E-state index contributed by atoms with van der Waals surface area (Å²) >= 11 is 5.99. The third-order valence-corrected chi connectivity index (χ3v) is 4.51. The number of benzene rings is 2. The molecule has 0 saturated heterocycles. The molecule has 1 heterocycles. The zero-order valence-corrected chi connectivity index (χ0v) is 16.5. The topological polar surface area (TPSA) is 68.2 Å². The molecule has 0 saturated carbocycles. The number of anilines is 2. The van der Waals surface area contributed by atoms with Gasteiger partial charge in [-0.1, -0.05) is 23.7 Å². The first-order chi connectivity index (χ1) is 13.4. The quantitative estimate of drug-likeness (QED) is 0.631. The van der Waals surface area contributed by atoms with Crippen LogP contribution in [0.2, 0.25) is 5.02 Å². The Labute approximate surface area is 167 Å². The van der Waals surface area contributed by atoms with Crippen molar-refractivity contribution in [1.82, 2.24) is 9.78 Å². The van der Waals surface area contributed by atoms with Gasteiger partial charge in [0.05, 0.1) is 36.4 Å². The van der Waals surface area contributed by atoms with Gasteiger partial charge in [0.25, 0.3) is 0 Å². The van der Waals surface area contributed by atoms with Gasteiger partial charge in [-0.05, 0) is 49.7 Å². The van der Waals surface area contributed by atoms with Gasteiger partial charge in [0, 0.05) is 5.02 Å². The molecule has 8 heteroatoms. The van der Waals surface area contributed by atoms with Gasteiger partial charge in [-0.15, -0.1) is 0 Å². The molecule has 28 heavy (non-hydrogen) atoms. The number of carbonyl (C=O) groups excluding carboxylic acids is 1. The Bertz CT molecular complexity index is 1000. The van der Waals surface area contributed by atoms with E-state index in [0.29, 0.717) is 34.4 Å². The molecule has 0 bridgehead atoms. The minimum absolute atomic E-state index is 0.285. The lowest BCUT2D eigenvalue weighted by Gasteiger charge is -2.12. The summed E-state index contributed by atoms with van der Waals surface area (Å²) in [5, 5.41) is 10.5. The van der Waals surface area contributed by atoms with Gasteiger partial charge < -0.3 is 15.4 Å². The number of nitrogens with one attached hydrogen (secondary N) is 2. The molecule has 2 amide bonds. The monoisotopic (exact) mass is 402 g/mol. The van der Waals surface area contributed by atoms with Crippen molar-refractivity contribution in [3.05, 3.63) is 70.3 Å². The highest BCUT2D eigenvalue weighted by Gasteiger charge is 2.16. The molecular formula is C20H20ClFN4O2. The van der Waals surface area contributed by atoms with Crippen LogP contribution in [0.15, 0.2) is 42.5 Å². The lowest BCUT2D eigenvalue weighted by molar-refractivity contribution is 0.262. The molecule has 0 spiro atoms. The highest BCUT2D eigenvalue weighted by molar-refractivity contribution is 6.31. The van der Waals surface area contributed by atoms with Crippen molar-refractivity contribution >= 4 is 29.0 Å². The van der Waals surface area contributed by atoms with Crippen molar-refractivity contribution < 1.29 is 13.9 Å². The average molecular weight is 403 g/mol. The number of ether oxygens (including phenoxy) is 1. The van der Waals surface area contributed by atoms with Gasteiger partial charge in [-0.25, -0.2) is 9.18 Å². The van der Waals surface area contributed by atoms with Crippen molar-refractivity contribution in [3.8, 4) is 5.75 Å². The van der Waals surface area contributed by atoms with E-state index in [2.05, 4.69) is 15.7 Å². The number of methoxy groups -OCH3 is 1. The van der Waals surface area contributed by atoms with Crippen molar-refractivity contribution in [1.29, 1.82) is 0 Å². The minimum Gasteiger partial charge on any atom is -0.495 e. The van der Waals surface area contributed by atoms with Crippen LogP contribution < -0.4 is 15.4 Å². The second-order valence-corrected chi connectivity index (χ2v) is 6.69. The lowest BCUT2D eigenvalue weighted by atomic mass is 10.2. The van der Waals surface area contributed by atoms with E-state index in [4.69, 9.17) is 16.3 Å². The Balaban J connectivity index is 1.75. The average Bonchev–Trinajstić information content (AvgIpc) is 2.91. The molecule has 2 aromatic carbocycles. The fourth-order valence-electron chi connectivity index (χ4n) is 2.84. The van der Waals surface area contributed by atoms with Crippen LogP contribution in [0.5, 0.6) is 5.75 Å². The first-order valence-electron chi connectivity index (χ1n) is 8.57. The number of rotatable bonds is 5. The number of hydrogen-bond acceptors (Lipinski definition) is 3. The van der Waals surface area contributed by atoms with Crippen LogP contribution in [-0.2, 0) is 6.54 Å². The maximum atomic E-state index is 13.1. The first-order valence-corrected chi connectivity index (χ1v) is 8.95. The van der Waals surface area contributed by atoms with E-state index < -0.39 is 6.03 Å². The van der Waals surface area contributed by atoms with Crippen LogP contribution in [0.1, 0.15) is 17.0 Å². The van der Waals surface area contributed by atoms with Crippen LogP contribution in [-0.4, -0.2) is 22.9 Å². The van der Waals surface area contributed by atoms with Crippen molar-refractivity contribution in [2.45, 2.75) is 20.4 Å². The predicted molar refractivity (Wildman–Crippen MR) is 108 cm³/mol. The Morgan fingerprint density at radius 1 is 1.18 bits per heavy atom. The molecule has 146 valence electrons. The van der Waals surface area contributed by atoms with E-state index in [0.717, 1.165) is 11.3 Å². The summed E-state index contributed by atoms with van der Waals surface area (Å²) in [6, 6.07) is 10.8. The smallest absolute Gasteiger partial charge is 0.323 e. The number of aryl methyl sites for hydroxylation is 1. The van der Waals surface area contributed by atoms with Crippen molar-refractivity contribution in [3.63, 3.8) is 0 Å². The molecule has 2 N–H and O–H groups in total. The Morgan fingerprint density at radius 3 is 2.57 bits per heavy atom. The summed E-state index contributed by atoms with van der Waals surface area (Å²) in [5.74, 6) is 0.215. The zero-order chi connectivity index (χ0) is 20.3. The van der Waals surface area contributed by atoms with Gasteiger partial charge in [-0.2, -0.15) is 5.10 Å². The third kappa shape index (κ3) is 4.43. The maximum absolute atomic E-state index is 13.1. The standard InChI is InChI=1S/C20H20ClFN4O2/c1-12-19(13(2)26(25-12)11-14-4-7-16(22)8-5-14)24-20(27)23-17-10-15(21)6-9-18(17)28-3/h4-10H,11H2,1-3H3,(H2,23,24,27). The largest absolute Gasteiger partial charge is 0.495 e. The summed E-state index contributed by atoms with van der Waals surface area (Å²) in [7, 11) is 1.51. The van der Waals surface area contributed by atoms with Gasteiger partial charge in [-0.3, -0.25) is 4.68 Å². The molecule has 3 aromatic rings. The van der Waals surface area contributed by atoms with E-state index in [1.807, 2.05) is 13.8 Å². The fraction of sp³-hybridized carbons (Fsp3) is 0.200. The van der Waals surface area contributed by atoms with E-state index >= 15 is 0 Å². The summed E-state index contributed by atoms with van der Waals surface area (Å²) in [6.07, 6.45) is 0. The van der Waals surface area contributed by atoms with Crippen molar-refractivity contribution in [2.24, 2.45) is 0 Å². The maximum Gasteiger partial charge on any atom is 0.323 e. The number of aromatic nitrogens is 2. The number of carbonyl (C=O) groups is 1. The molecule has 0 radical (unpaired) electrons. The highest BCUT2D eigenvalue weighted by atomic mass is 35.5. The second-order valence-electron chi connectivity index (χ2n) is 6.25. The molecule has 0 atom stereocenters. The van der Waals surface area contributed by atoms with Gasteiger partial charge in [0.1, 0.15) is 11.6 Å². The number of nitrogens with zero attached hydrogens (tertiary/aromatic N) is 2. The van der Waals surface area contributed by atoms with E-state index in [1.165, 1.54) is 19.2 Å². The molecule has 0 aliphatic carbocycles. The SMILES string of the molecule is COc1ccc(Cl)cc1NC(=O)Nc1c(C)nn(Cc2ccc(F)cc2)c1C. The third-order valence-electron chi connectivity index (χ3n) is 4.28. The first kappa shape index (κ1) is 19.7. The fourth-order valence-corrected chi connectivity index (χ4v) is 3.01. The van der Waals surface area contributed by atoms with E-state index in [-0.39, 0.29) is 5.82 Å². The molecule has 0 aliphatic heterocycles. The van der Waals surface area contributed by atoms with Crippen LogP contribution in [0, 0.1) is 19.7 Å². The molecule has 6 nitrogen and oxygen atoms in total. The van der Waals surface area contributed by atoms with Crippen molar-refractivity contribution in [2.75, 3.05) is 17.7 Å². The molecule has 0 aliphatic rings. The summed E-state index contributed by atoms with van der Waals surface area (Å²) in [5.41, 5.74) is 3.44. The molecule has 0 fully saturated rings. The number of halogens is 2. The highest BCUT2D eigenvalue weighted by Crippen LogP contribution is 2.28. The van der Waals surface area contributed by atoms with Gasteiger partial charge in [0.2, 0.25) is 0 Å². The number of urea groups is 1. The van der Waals surface area contributed by atoms with Gasteiger partial charge in [0.15, 0.2) is 0 Å². The number of amides is 2. The second kappa shape index (κ2) is 8.31. The lowest BCUT2D eigenvalue weighted by Crippen LogP contribution is -2.20. The van der Waals surface area contributed by atoms with E-state index in [9.17, 15) is 9.18 Å². The Hall–Kier alpha value is -3.06. The number of hydrogen-bond donors (Lipinski definition) is 2. The van der Waals surface area contributed by atoms with E-state index in [1.54, 1.807) is 35.0 Å². The molecule has 0 unspecified atom stereocenters. The zero-order valence-electron chi connectivity index (χ0n) is 15.7. The Morgan fingerprint density at radius 2 is 1.89 bits per heavy atom. The van der Waals surface area contributed by atoms with Crippen LogP contribution in [0.3, 0.4) is 0 Å². The summed E-state index contributed by atoms with van der Waals surface area (Å²) < 4.78 is 20.1. The molecule has 3 rings (SSSR count). The van der Waals surface area contributed by atoms with Crippen LogP contribution >= 0.6 is 11.6 Å². The molecular weight excluding hydrogens is 383 g/mol. The Kier molecular flexibility index (Phi) is 5.84. The van der Waals surface area contributed by atoms with Crippen LogP contribution in [0.25, 0.3) is 0 Å². The molecule has 1 aromatic heterocycles. The normalized spacial score (nSPS) is 10.6. The summed E-state index contributed by atoms with van der Waals surface area (Å²) in [6.45, 7) is 4.14. The predicted octanol–water partition coefficient (Wildman–Crippen LogP) is 4.99. The van der Waals surface area contributed by atoms with Crippen LogP contribution in [0.4, 0.5) is 20.6 Å². The van der Waals surface area contributed by atoms with Gasteiger partial charge >= 0.3 is 6.03 Å². The minimum atomic E-state index is -0.437.